The van der Waals surface area contributed by atoms with Crippen molar-refractivity contribution >= 4 is 23.5 Å². The second kappa shape index (κ2) is 9.11. The molecular weight excluding hydrogens is 354 g/mol. The molecule has 0 spiro atoms. The average molecular weight is 377 g/mol. The maximum atomic E-state index is 12.8. The fourth-order valence-corrected chi connectivity index (χ4v) is 2.70. The first-order valence-corrected chi connectivity index (χ1v) is 8.78. The van der Waals surface area contributed by atoms with Crippen molar-refractivity contribution in [2.24, 2.45) is 5.92 Å². The zero-order valence-corrected chi connectivity index (χ0v) is 15.3. The highest BCUT2D eigenvalue weighted by molar-refractivity contribution is 5.99. The normalized spacial score (nSPS) is 16.8. The standard InChI is InChI=1S/C18H23N3O6/c1-12(2)6-9-27-16(22)11-15-17(23)19-7-8-20(15)18(24)13-4-3-5-14(10-13)21(25)26/h3-5,10,12,15H,6-9,11H2,1-2H3,(H,19,23). The SMILES string of the molecule is CC(C)CCOC(=O)CC1C(=O)NCCN1C(=O)c1cccc([N+](=O)[O-])c1. The van der Waals surface area contributed by atoms with Gasteiger partial charge in [0.05, 0.1) is 18.0 Å². The molecule has 2 rings (SSSR count). The molecular formula is C18H23N3O6. The number of nitro benzene ring substituents is 1. The molecule has 0 radical (unpaired) electrons. The number of nitro groups is 1. The van der Waals surface area contributed by atoms with Crippen molar-refractivity contribution in [1.29, 1.82) is 0 Å². The van der Waals surface area contributed by atoms with Crippen molar-refractivity contribution in [1.82, 2.24) is 10.2 Å². The molecule has 0 aromatic heterocycles. The second-order valence-corrected chi connectivity index (χ2v) is 6.72. The first-order chi connectivity index (χ1) is 12.8. The van der Waals surface area contributed by atoms with Gasteiger partial charge in [0.1, 0.15) is 6.04 Å². The van der Waals surface area contributed by atoms with E-state index in [9.17, 15) is 24.5 Å². The maximum Gasteiger partial charge on any atom is 0.308 e. The highest BCUT2D eigenvalue weighted by Gasteiger charge is 2.35. The lowest BCUT2D eigenvalue weighted by atomic mass is 10.1. The Bertz CT molecular complexity index is 734. The van der Waals surface area contributed by atoms with E-state index in [0.717, 1.165) is 6.07 Å². The number of ether oxygens (including phenoxy) is 1. The number of hydrogen-bond donors (Lipinski definition) is 1. The molecule has 1 fully saturated rings. The summed E-state index contributed by atoms with van der Waals surface area (Å²) in [5, 5.41) is 13.5. The fraction of sp³-hybridized carbons (Fsp3) is 0.500. The Hall–Kier alpha value is -2.97. The Morgan fingerprint density at radius 3 is 2.81 bits per heavy atom. The van der Waals surface area contributed by atoms with Crippen LogP contribution in [-0.4, -0.2) is 53.3 Å². The van der Waals surface area contributed by atoms with Gasteiger partial charge in [-0.2, -0.15) is 0 Å². The first-order valence-electron chi connectivity index (χ1n) is 8.78. The number of rotatable bonds is 7. The third kappa shape index (κ3) is 5.50. The van der Waals surface area contributed by atoms with Crippen molar-refractivity contribution < 1.29 is 24.0 Å². The molecule has 146 valence electrons. The number of esters is 1. The summed E-state index contributed by atoms with van der Waals surface area (Å²) < 4.78 is 5.14. The molecule has 1 heterocycles. The molecule has 1 aromatic carbocycles. The monoisotopic (exact) mass is 377 g/mol. The van der Waals surface area contributed by atoms with Gasteiger partial charge in [-0.25, -0.2) is 0 Å². The number of nitrogens with zero attached hydrogens (tertiary/aromatic N) is 2. The molecule has 0 aliphatic carbocycles. The second-order valence-electron chi connectivity index (χ2n) is 6.72. The largest absolute Gasteiger partial charge is 0.466 e. The lowest BCUT2D eigenvalue weighted by Gasteiger charge is -2.34. The predicted octanol–water partition coefficient (Wildman–Crippen LogP) is 1.51. The minimum absolute atomic E-state index is 0.0945. The van der Waals surface area contributed by atoms with E-state index < -0.39 is 28.7 Å². The highest BCUT2D eigenvalue weighted by Crippen LogP contribution is 2.18. The van der Waals surface area contributed by atoms with Crippen molar-refractivity contribution in [3.05, 3.63) is 39.9 Å². The molecule has 1 saturated heterocycles. The van der Waals surface area contributed by atoms with Crippen LogP contribution >= 0.6 is 0 Å². The van der Waals surface area contributed by atoms with Gasteiger partial charge < -0.3 is 15.0 Å². The highest BCUT2D eigenvalue weighted by atomic mass is 16.6. The van der Waals surface area contributed by atoms with E-state index >= 15 is 0 Å². The summed E-state index contributed by atoms with van der Waals surface area (Å²) in [6.07, 6.45) is 0.448. The van der Waals surface area contributed by atoms with Crippen LogP contribution in [0.1, 0.15) is 37.0 Å². The summed E-state index contributed by atoms with van der Waals surface area (Å²) in [4.78, 5) is 48.6. The number of piperazine rings is 1. The van der Waals surface area contributed by atoms with E-state index in [0.29, 0.717) is 12.3 Å². The molecule has 0 bridgehead atoms. The van der Waals surface area contributed by atoms with Crippen LogP contribution in [-0.2, 0) is 14.3 Å². The van der Waals surface area contributed by atoms with E-state index in [-0.39, 0.29) is 37.4 Å². The number of carbonyl (C=O) groups excluding carboxylic acids is 3. The van der Waals surface area contributed by atoms with Gasteiger partial charge in [0.15, 0.2) is 0 Å². The van der Waals surface area contributed by atoms with Gasteiger partial charge >= 0.3 is 5.97 Å². The molecule has 27 heavy (non-hydrogen) atoms. The summed E-state index contributed by atoms with van der Waals surface area (Å²) in [5.74, 6) is -1.16. The van der Waals surface area contributed by atoms with Crippen molar-refractivity contribution in [3.8, 4) is 0 Å². The van der Waals surface area contributed by atoms with E-state index in [1.54, 1.807) is 0 Å². The molecule has 1 unspecified atom stereocenters. The van der Waals surface area contributed by atoms with Crippen LogP contribution in [0.25, 0.3) is 0 Å². The van der Waals surface area contributed by atoms with Crippen LogP contribution in [0.3, 0.4) is 0 Å². The van der Waals surface area contributed by atoms with Crippen molar-refractivity contribution in [3.63, 3.8) is 0 Å². The molecule has 1 aliphatic rings. The van der Waals surface area contributed by atoms with Crippen LogP contribution in [0.15, 0.2) is 24.3 Å². The Balaban J connectivity index is 2.11. The minimum Gasteiger partial charge on any atom is -0.466 e. The number of hydrogen-bond acceptors (Lipinski definition) is 6. The van der Waals surface area contributed by atoms with Crippen LogP contribution < -0.4 is 5.32 Å². The molecule has 1 aromatic rings. The Labute approximate surface area is 156 Å². The van der Waals surface area contributed by atoms with Crippen LogP contribution in [0, 0.1) is 16.0 Å². The molecule has 0 saturated carbocycles. The lowest BCUT2D eigenvalue weighted by molar-refractivity contribution is -0.384. The summed E-state index contributed by atoms with van der Waals surface area (Å²) in [6, 6.07) is 4.29. The topological polar surface area (TPSA) is 119 Å². The summed E-state index contributed by atoms with van der Waals surface area (Å²) in [7, 11) is 0. The van der Waals surface area contributed by atoms with Gasteiger partial charge in [-0.05, 0) is 18.4 Å². The predicted molar refractivity (Wildman–Crippen MR) is 96.0 cm³/mol. The molecule has 1 atom stereocenters. The van der Waals surface area contributed by atoms with Crippen molar-refractivity contribution in [2.75, 3.05) is 19.7 Å². The first kappa shape index (κ1) is 20.3. The smallest absolute Gasteiger partial charge is 0.308 e. The van der Waals surface area contributed by atoms with Gasteiger partial charge in [-0.15, -0.1) is 0 Å². The fourth-order valence-electron chi connectivity index (χ4n) is 2.70. The maximum absolute atomic E-state index is 12.8. The third-order valence-corrected chi connectivity index (χ3v) is 4.21. The Kier molecular flexibility index (Phi) is 6.86. The number of carbonyl (C=O) groups is 3. The third-order valence-electron chi connectivity index (χ3n) is 4.21. The quantitative estimate of drug-likeness (QED) is 0.437. The molecule has 1 N–H and O–H groups in total. The zero-order chi connectivity index (χ0) is 20.0. The number of nitrogens with one attached hydrogen (secondary N) is 1. The van der Waals surface area contributed by atoms with Gasteiger partial charge in [-0.3, -0.25) is 24.5 Å². The molecule has 9 heteroatoms. The van der Waals surface area contributed by atoms with Crippen molar-refractivity contribution in [2.45, 2.75) is 32.7 Å². The van der Waals surface area contributed by atoms with Crippen LogP contribution in [0.5, 0.6) is 0 Å². The average Bonchev–Trinajstić information content (AvgIpc) is 2.62. The van der Waals surface area contributed by atoms with Gasteiger partial charge in [-0.1, -0.05) is 19.9 Å². The van der Waals surface area contributed by atoms with Gasteiger partial charge in [0.25, 0.3) is 11.6 Å². The molecule has 2 amide bonds. The summed E-state index contributed by atoms with van der Waals surface area (Å²) in [5.41, 5.74) is -0.121. The van der Waals surface area contributed by atoms with E-state index in [1.807, 2.05) is 13.8 Å². The van der Waals surface area contributed by atoms with Crippen LogP contribution in [0.4, 0.5) is 5.69 Å². The summed E-state index contributed by atoms with van der Waals surface area (Å²) >= 11 is 0. The minimum atomic E-state index is -1.00. The van der Waals surface area contributed by atoms with E-state index in [4.69, 9.17) is 4.74 Å². The number of benzene rings is 1. The zero-order valence-electron chi connectivity index (χ0n) is 15.3. The van der Waals surface area contributed by atoms with E-state index in [1.165, 1.54) is 23.1 Å². The molecule has 1 aliphatic heterocycles. The Morgan fingerprint density at radius 1 is 1.41 bits per heavy atom. The summed E-state index contributed by atoms with van der Waals surface area (Å²) in [6.45, 7) is 4.71. The van der Waals surface area contributed by atoms with Crippen LogP contribution in [0.2, 0.25) is 0 Å². The van der Waals surface area contributed by atoms with E-state index in [2.05, 4.69) is 5.32 Å². The molecule has 9 nitrogen and oxygen atoms in total. The number of non-ortho nitro benzene ring substituents is 1. The number of amides is 2. The Morgan fingerprint density at radius 2 is 2.15 bits per heavy atom. The van der Waals surface area contributed by atoms with Gasteiger partial charge in [0, 0.05) is 30.8 Å². The lowest BCUT2D eigenvalue weighted by Crippen LogP contribution is -2.57. The van der Waals surface area contributed by atoms with Gasteiger partial charge in [0.2, 0.25) is 5.91 Å².